The van der Waals surface area contributed by atoms with E-state index in [0.717, 1.165) is 0 Å². The van der Waals surface area contributed by atoms with Crippen molar-refractivity contribution in [2.24, 2.45) is 5.41 Å². The summed E-state index contributed by atoms with van der Waals surface area (Å²) in [7, 11) is 0. The summed E-state index contributed by atoms with van der Waals surface area (Å²) in [4.78, 5) is 0. The van der Waals surface area contributed by atoms with Crippen LogP contribution in [0.2, 0.25) is 0 Å². The third-order valence-electron chi connectivity index (χ3n) is 3.56. The van der Waals surface area contributed by atoms with Crippen molar-refractivity contribution in [2.75, 3.05) is 0 Å². The average Bonchev–Trinajstić information content (AvgIpc) is 2.23. The molecule has 0 atom stereocenters. The summed E-state index contributed by atoms with van der Waals surface area (Å²) in [5.41, 5.74) is 0.380. The van der Waals surface area contributed by atoms with E-state index < -0.39 is 0 Å². The normalized spacial score (nSPS) is 12.0. The van der Waals surface area contributed by atoms with E-state index in [0.29, 0.717) is 5.41 Å². The lowest BCUT2D eigenvalue weighted by Crippen LogP contribution is -2.13. The molecule has 0 amide bonds. The van der Waals surface area contributed by atoms with Crippen LogP contribution in [0.3, 0.4) is 0 Å². The zero-order chi connectivity index (χ0) is 10.9. The molecule has 0 heterocycles. The highest BCUT2D eigenvalue weighted by atomic mass is 14.2. The van der Waals surface area contributed by atoms with Crippen LogP contribution >= 0.6 is 0 Å². The van der Waals surface area contributed by atoms with Gasteiger partial charge in [0.2, 0.25) is 0 Å². The maximum Gasteiger partial charge on any atom is -0.0302 e. The van der Waals surface area contributed by atoms with Gasteiger partial charge in [-0.1, -0.05) is 72.1 Å². The first-order chi connectivity index (χ1) is 6.68. The molecule has 0 saturated heterocycles. The molecular weight excluding hydrogens is 168 g/mol. The van der Waals surface area contributed by atoms with Crippen LogP contribution in [0.15, 0.2) is 0 Å². The van der Waals surface area contributed by atoms with Crippen molar-refractivity contribution in [3.05, 3.63) is 6.92 Å². The molecular formula is C14H29. The van der Waals surface area contributed by atoms with Gasteiger partial charge >= 0.3 is 0 Å². The summed E-state index contributed by atoms with van der Waals surface area (Å²) in [6, 6.07) is 0. The standard InChI is InChI=1S/C14H29/c1-5-8-9-10-11-12-13-14(4,6-2)7-3/h4-13H2,1-3H3. The van der Waals surface area contributed by atoms with E-state index in [1.54, 1.807) is 0 Å². The maximum absolute atomic E-state index is 4.34. The highest BCUT2D eigenvalue weighted by molar-refractivity contribution is 4.78. The Hall–Kier alpha value is 0. The van der Waals surface area contributed by atoms with Crippen LogP contribution in [0.4, 0.5) is 0 Å². The fraction of sp³-hybridized carbons (Fsp3) is 0.929. The largest absolute Gasteiger partial charge is 0.0654 e. The van der Waals surface area contributed by atoms with E-state index in [1.165, 1.54) is 57.8 Å². The topological polar surface area (TPSA) is 0 Å². The number of hydrogen-bond acceptors (Lipinski definition) is 0. The van der Waals surface area contributed by atoms with Gasteiger partial charge in [-0.2, -0.15) is 0 Å². The molecule has 0 rings (SSSR count). The van der Waals surface area contributed by atoms with Gasteiger partial charge in [0.15, 0.2) is 0 Å². The van der Waals surface area contributed by atoms with Gasteiger partial charge in [0.05, 0.1) is 0 Å². The first-order valence-electron chi connectivity index (χ1n) is 6.54. The fourth-order valence-electron chi connectivity index (χ4n) is 1.88. The Balaban J connectivity index is 3.34. The Morgan fingerprint density at radius 1 is 0.786 bits per heavy atom. The second-order valence-electron chi connectivity index (χ2n) is 4.72. The lowest BCUT2D eigenvalue weighted by Gasteiger charge is -2.26. The van der Waals surface area contributed by atoms with Gasteiger partial charge in [0, 0.05) is 0 Å². The average molecular weight is 197 g/mol. The van der Waals surface area contributed by atoms with Gasteiger partial charge in [-0.05, 0) is 18.8 Å². The Bertz CT molecular complexity index is 111. The highest BCUT2D eigenvalue weighted by Gasteiger charge is 2.18. The minimum Gasteiger partial charge on any atom is -0.0654 e. The van der Waals surface area contributed by atoms with Gasteiger partial charge in [0.25, 0.3) is 0 Å². The highest BCUT2D eigenvalue weighted by Crippen LogP contribution is 2.31. The van der Waals surface area contributed by atoms with Crippen LogP contribution in [0.25, 0.3) is 0 Å². The molecule has 0 heteroatoms. The monoisotopic (exact) mass is 197 g/mol. The van der Waals surface area contributed by atoms with Crippen molar-refractivity contribution in [1.82, 2.24) is 0 Å². The molecule has 0 saturated carbocycles. The van der Waals surface area contributed by atoms with Crippen LogP contribution in [0.1, 0.15) is 78.6 Å². The molecule has 0 aliphatic heterocycles. The lowest BCUT2D eigenvalue weighted by molar-refractivity contribution is 0.305. The van der Waals surface area contributed by atoms with Crippen LogP contribution in [-0.4, -0.2) is 0 Å². The molecule has 0 nitrogen and oxygen atoms in total. The molecule has 14 heavy (non-hydrogen) atoms. The van der Waals surface area contributed by atoms with Crippen molar-refractivity contribution >= 4 is 0 Å². The van der Waals surface area contributed by atoms with Gasteiger partial charge in [-0.25, -0.2) is 0 Å². The van der Waals surface area contributed by atoms with Crippen molar-refractivity contribution in [2.45, 2.75) is 78.6 Å². The van der Waals surface area contributed by atoms with Crippen LogP contribution in [-0.2, 0) is 0 Å². The summed E-state index contributed by atoms with van der Waals surface area (Å²) in [5, 5.41) is 0. The molecule has 0 aliphatic rings. The third kappa shape index (κ3) is 6.45. The molecule has 0 fully saturated rings. The molecule has 0 bridgehead atoms. The van der Waals surface area contributed by atoms with E-state index in [1.807, 2.05) is 0 Å². The first kappa shape index (κ1) is 14.0. The van der Waals surface area contributed by atoms with E-state index in [9.17, 15) is 0 Å². The fourth-order valence-corrected chi connectivity index (χ4v) is 1.88. The molecule has 0 aromatic rings. The molecule has 0 unspecified atom stereocenters. The van der Waals surface area contributed by atoms with Gasteiger partial charge in [-0.3, -0.25) is 0 Å². The lowest BCUT2D eigenvalue weighted by atomic mass is 9.80. The Morgan fingerprint density at radius 3 is 1.79 bits per heavy atom. The van der Waals surface area contributed by atoms with E-state index in [2.05, 4.69) is 27.7 Å². The summed E-state index contributed by atoms with van der Waals surface area (Å²) in [6.45, 7) is 11.2. The molecule has 0 aromatic heterocycles. The van der Waals surface area contributed by atoms with Gasteiger partial charge < -0.3 is 0 Å². The summed E-state index contributed by atoms with van der Waals surface area (Å²) < 4.78 is 0. The molecule has 0 N–H and O–H groups in total. The summed E-state index contributed by atoms with van der Waals surface area (Å²) >= 11 is 0. The van der Waals surface area contributed by atoms with Crippen molar-refractivity contribution < 1.29 is 0 Å². The molecule has 0 aliphatic carbocycles. The maximum atomic E-state index is 4.34. The molecule has 85 valence electrons. The summed E-state index contributed by atoms with van der Waals surface area (Å²) in [6.07, 6.45) is 12.2. The predicted molar refractivity (Wildman–Crippen MR) is 66.4 cm³/mol. The van der Waals surface area contributed by atoms with E-state index in [4.69, 9.17) is 0 Å². The zero-order valence-corrected chi connectivity index (χ0v) is 10.6. The second kappa shape index (κ2) is 8.32. The zero-order valence-electron chi connectivity index (χ0n) is 10.6. The van der Waals surface area contributed by atoms with Crippen molar-refractivity contribution in [3.63, 3.8) is 0 Å². The minimum absolute atomic E-state index is 0.380. The first-order valence-corrected chi connectivity index (χ1v) is 6.54. The Kier molecular flexibility index (Phi) is 8.32. The summed E-state index contributed by atoms with van der Waals surface area (Å²) in [5.74, 6) is 0. The van der Waals surface area contributed by atoms with Gasteiger partial charge in [-0.15, -0.1) is 0 Å². The molecule has 1 radical (unpaired) electrons. The quantitative estimate of drug-likeness (QED) is 0.435. The predicted octanol–water partition coefficient (Wildman–Crippen LogP) is 5.38. The second-order valence-corrected chi connectivity index (χ2v) is 4.72. The van der Waals surface area contributed by atoms with E-state index in [-0.39, 0.29) is 0 Å². The number of rotatable bonds is 9. The SMILES string of the molecule is [CH2]C(CC)(CC)CCCCCCCC. The molecule has 0 aromatic carbocycles. The smallest absolute Gasteiger partial charge is 0.0302 e. The Labute approximate surface area is 91.5 Å². The Morgan fingerprint density at radius 2 is 1.29 bits per heavy atom. The third-order valence-corrected chi connectivity index (χ3v) is 3.56. The van der Waals surface area contributed by atoms with Crippen molar-refractivity contribution in [3.8, 4) is 0 Å². The number of hydrogen-bond donors (Lipinski definition) is 0. The minimum atomic E-state index is 0.380. The van der Waals surface area contributed by atoms with E-state index >= 15 is 0 Å². The van der Waals surface area contributed by atoms with Crippen LogP contribution in [0.5, 0.6) is 0 Å². The molecule has 0 spiro atoms. The van der Waals surface area contributed by atoms with Crippen LogP contribution in [0, 0.1) is 12.3 Å². The number of unbranched alkanes of at least 4 members (excludes halogenated alkanes) is 5. The van der Waals surface area contributed by atoms with Gasteiger partial charge in [0.1, 0.15) is 0 Å². The van der Waals surface area contributed by atoms with Crippen molar-refractivity contribution in [1.29, 1.82) is 0 Å². The van der Waals surface area contributed by atoms with Crippen LogP contribution < -0.4 is 0 Å².